The van der Waals surface area contributed by atoms with Crippen molar-refractivity contribution in [3.8, 4) is 5.75 Å². The zero-order chi connectivity index (χ0) is 20.6. The van der Waals surface area contributed by atoms with Crippen molar-refractivity contribution in [2.24, 2.45) is 0 Å². The zero-order valence-corrected chi connectivity index (χ0v) is 18.6. The Kier molecular flexibility index (Phi) is 5.35. The quantitative estimate of drug-likeness (QED) is 0.351. The van der Waals surface area contributed by atoms with Crippen LogP contribution in [0.3, 0.4) is 0 Å². The van der Waals surface area contributed by atoms with Crippen LogP contribution in [0, 0.1) is 0 Å². The monoisotopic (exact) mass is 406 g/mol. The topological polar surface area (TPSA) is 33.4 Å². The maximum atomic E-state index is 11.6. The van der Waals surface area contributed by atoms with Gasteiger partial charge in [0.1, 0.15) is 17.6 Å². The SMILES string of the molecule is CCCS(CC)(c1cc2ccccc2c(C(C)C)c1O)c1coc2ccccc12. The summed E-state index contributed by atoms with van der Waals surface area (Å²) in [6.45, 7) is 8.83. The lowest BCUT2D eigenvalue weighted by molar-refractivity contribution is 0.453. The van der Waals surface area contributed by atoms with E-state index in [-0.39, 0.29) is 5.92 Å². The van der Waals surface area contributed by atoms with Crippen LogP contribution in [0.4, 0.5) is 0 Å². The Morgan fingerprint density at radius 3 is 2.31 bits per heavy atom. The number of aromatic hydroxyl groups is 1. The fourth-order valence-corrected chi connectivity index (χ4v) is 8.56. The zero-order valence-electron chi connectivity index (χ0n) is 17.7. The van der Waals surface area contributed by atoms with Gasteiger partial charge >= 0.3 is 0 Å². The highest BCUT2D eigenvalue weighted by molar-refractivity contribution is 8.34. The minimum atomic E-state index is -1.45. The number of fused-ring (bicyclic) bond motifs is 2. The van der Waals surface area contributed by atoms with Crippen molar-refractivity contribution in [1.29, 1.82) is 0 Å². The van der Waals surface area contributed by atoms with Crippen LogP contribution < -0.4 is 0 Å². The van der Waals surface area contributed by atoms with E-state index in [1.807, 2.05) is 18.4 Å². The van der Waals surface area contributed by atoms with Crippen LogP contribution in [0.5, 0.6) is 5.75 Å². The van der Waals surface area contributed by atoms with Gasteiger partial charge in [-0.05, 0) is 46.7 Å². The number of benzene rings is 3. The van der Waals surface area contributed by atoms with Crippen molar-refractivity contribution in [2.45, 2.75) is 49.8 Å². The molecule has 0 spiro atoms. The Morgan fingerprint density at radius 1 is 0.931 bits per heavy atom. The summed E-state index contributed by atoms with van der Waals surface area (Å²) >= 11 is 0. The van der Waals surface area contributed by atoms with Gasteiger partial charge in [0.15, 0.2) is 0 Å². The van der Waals surface area contributed by atoms with E-state index in [2.05, 4.69) is 70.2 Å². The maximum absolute atomic E-state index is 11.6. The molecule has 0 aliphatic carbocycles. The third kappa shape index (κ3) is 3.12. The molecule has 1 N–H and O–H groups in total. The van der Waals surface area contributed by atoms with E-state index >= 15 is 0 Å². The second-order valence-corrected chi connectivity index (χ2v) is 11.6. The van der Waals surface area contributed by atoms with Gasteiger partial charge in [-0.1, -0.05) is 70.2 Å². The lowest BCUT2D eigenvalue weighted by Gasteiger charge is -2.40. The van der Waals surface area contributed by atoms with E-state index in [0.717, 1.165) is 39.4 Å². The molecule has 0 amide bonds. The van der Waals surface area contributed by atoms with Crippen LogP contribution in [-0.2, 0) is 0 Å². The van der Waals surface area contributed by atoms with Gasteiger partial charge in [0, 0.05) is 20.7 Å². The fraction of sp³-hybridized carbons (Fsp3) is 0.308. The van der Waals surface area contributed by atoms with Crippen LogP contribution >= 0.6 is 10.0 Å². The standard InChI is InChI=1S/C26H30O2S/c1-5-15-29(6-2,24-17-28-22-14-10-9-13-21(22)24)23-16-19-11-7-8-12-20(19)25(18(3)4)26(23)27/h7-14,16-18,27H,5-6,15H2,1-4H3. The molecule has 4 rings (SSSR count). The van der Waals surface area contributed by atoms with E-state index in [9.17, 15) is 5.11 Å². The number of furan rings is 1. The van der Waals surface area contributed by atoms with E-state index in [4.69, 9.17) is 4.42 Å². The van der Waals surface area contributed by atoms with E-state index in [0.29, 0.717) is 5.75 Å². The molecular weight excluding hydrogens is 376 g/mol. The molecule has 0 aliphatic rings. The molecule has 4 aromatic rings. The molecular formula is C26H30O2S. The van der Waals surface area contributed by atoms with E-state index in [1.54, 1.807) is 0 Å². The molecule has 152 valence electrons. The normalized spacial score (nSPS) is 15.1. The first-order valence-corrected chi connectivity index (χ1v) is 12.5. The number of para-hydroxylation sites is 1. The summed E-state index contributed by atoms with van der Waals surface area (Å²) in [5.41, 5.74) is 1.99. The van der Waals surface area contributed by atoms with Crippen molar-refractivity contribution < 1.29 is 9.52 Å². The molecule has 3 heteroatoms. The number of hydrogen-bond acceptors (Lipinski definition) is 2. The summed E-state index contributed by atoms with van der Waals surface area (Å²) in [7, 11) is -1.45. The molecule has 1 heterocycles. The second kappa shape index (κ2) is 7.79. The van der Waals surface area contributed by atoms with Gasteiger partial charge < -0.3 is 9.52 Å². The number of rotatable bonds is 6. The Hall–Kier alpha value is -2.39. The lowest BCUT2D eigenvalue weighted by Crippen LogP contribution is -2.10. The van der Waals surface area contributed by atoms with Crippen molar-refractivity contribution in [3.05, 3.63) is 66.4 Å². The third-order valence-corrected chi connectivity index (χ3v) is 10.3. The minimum absolute atomic E-state index is 0.247. The van der Waals surface area contributed by atoms with Crippen LogP contribution in [0.15, 0.2) is 75.1 Å². The first-order chi connectivity index (χ1) is 14.0. The molecule has 0 saturated heterocycles. The van der Waals surface area contributed by atoms with Crippen LogP contribution in [0.25, 0.3) is 21.7 Å². The lowest BCUT2D eigenvalue weighted by atomic mass is 9.95. The number of phenols is 1. The number of hydrogen-bond donors (Lipinski definition) is 1. The molecule has 0 aliphatic heterocycles. The highest BCUT2D eigenvalue weighted by Gasteiger charge is 2.33. The van der Waals surface area contributed by atoms with Crippen molar-refractivity contribution in [1.82, 2.24) is 0 Å². The molecule has 1 unspecified atom stereocenters. The van der Waals surface area contributed by atoms with Gasteiger partial charge in [-0.3, -0.25) is 0 Å². The molecule has 1 aromatic heterocycles. The molecule has 0 radical (unpaired) electrons. The summed E-state index contributed by atoms with van der Waals surface area (Å²) in [6, 6.07) is 19.0. The summed E-state index contributed by atoms with van der Waals surface area (Å²) < 4.78 is 5.97. The Bertz CT molecular complexity index is 1160. The Balaban J connectivity index is 2.09. The molecule has 0 saturated carbocycles. The first kappa shape index (κ1) is 19.9. The fourth-order valence-electron chi connectivity index (χ4n) is 4.62. The molecule has 1 atom stereocenters. The Labute approximate surface area is 174 Å². The Morgan fingerprint density at radius 2 is 1.62 bits per heavy atom. The van der Waals surface area contributed by atoms with E-state index < -0.39 is 10.0 Å². The van der Waals surface area contributed by atoms with Gasteiger partial charge in [-0.25, -0.2) is 0 Å². The van der Waals surface area contributed by atoms with Gasteiger partial charge in [0.25, 0.3) is 0 Å². The number of phenolic OH excluding ortho intramolecular Hbond substituents is 1. The first-order valence-electron chi connectivity index (χ1n) is 10.5. The molecule has 2 nitrogen and oxygen atoms in total. The summed E-state index contributed by atoms with van der Waals surface area (Å²) in [5.74, 6) is 2.75. The summed E-state index contributed by atoms with van der Waals surface area (Å²) in [4.78, 5) is 2.37. The largest absolute Gasteiger partial charge is 0.507 e. The average Bonchev–Trinajstić information content (AvgIpc) is 3.16. The second-order valence-electron chi connectivity index (χ2n) is 7.99. The average molecular weight is 407 g/mol. The van der Waals surface area contributed by atoms with E-state index in [1.165, 1.54) is 15.7 Å². The van der Waals surface area contributed by atoms with Gasteiger partial charge in [0.05, 0.1) is 0 Å². The molecule has 3 aromatic carbocycles. The van der Waals surface area contributed by atoms with Crippen molar-refractivity contribution in [3.63, 3.8) is 0 Å². The highest BCUT2D eigenvalue weighted by atomic mass is 32.3. The summed E-state index contributed by atoms with van der Waals surface area (Å²) in [5, 5.41) is 15.2. The third-order valence-electron chi connectivity index (χ3n) is 5.94. The van der Waals surface area contributed by atoms with Crippen LogP contribution in [-0.4, -0.2) is 16.6 Å². The smallest absolute Gasteiger partial charge is 0.134 e. The van der Waals surface area contributed by atoms with Gasteiger partial charge in [0.2, 0.25) is 0 Å². The van der Waals surface area contributed by atoms with Gasteiger partial charge in [-0.15, -0.1) is 0 Å². The predicted octanol–water partition coefficient (Wildman–Crippen LogP) is 8.07. The molecule has 0 bridgehead atoms. The molecule has 29 heavy (non-hydrogen) atoms. The predicted molar refractivity (Wildman–Crippen MR) is 126 cm³/mol. The maximum Gasteiger partial charge on any atom is 0.134 e. The van der Waals surface area contributed by atoms with Crippen LogP contribution in [0.2, 0.25) is 0 Å². The van der Waals surface area contributed by atoms with Crippen LogP contribution in [0.1, 0.15) is 45.6 Å². The van der Waals surface area contributed by atoms with Crippen molar-refractivity contribution >= 4 is 31.8 Å². The summed E-state index contributed by atoms with van der Waals surface area (Å²) in [6.07, 6.45) is 3.01. The highest BCUT2D eigenvalue weighted by Crippen LogP contribution is 2.68. The van der Waals surface area contributed by atoms with Gasteiger partial charge in [-0.2, -0.15) is 10.0 Å². The van der Waals surface area contributed by atoms with Crippen molar-refractivity contribution in [2.75, 3.05) is 11.5 Å². The minimum Gasteiger partial charge on any atom is -0.507 e. The molecule has 0 fully saturated rings.